The van der Waals surface area contributed by atoms with Crippen LogP contribution in [0.3, 0.4) is 0 Å². The molecule has 1 amide bonds. The molecule has 0 radical (unpaired) electrons. The summed E-state index contributed by atoms with van der Waals surface area (Å²) in [7, 11) is 0. The van der Waals surface area contributed by atoms with Crippen molar-refractivity contribution in [3.05, 3.63) is 105 Å². The van der Waals surface area contributed by atoms with Crippen LogP contribution in [-0.2, 0) is 6.54 Å². The van der Waals surface area contributed by atoms with E-state index in [0.717, 1.165) is 22.0 Å². The van der Waals surface area contributed by atoms with Crippen LogP contribution in [0.25, 0.3) is 10.9 Å². The minimum Gasteiger partial charge on any atom is -0.342 e. The molecule has 0 spiro atoms. The van der Waals surface area contributed by atoms with Crippen molar-refractivity contribution in [3.8, 4) is 0 Å². The number of nitrogens with zero attached hydrogens (tertiary/aromatic N) is 2. The van der Waals surface area contributed by atoms with Crippen molar-refractivity contribution in [3.63, 3.8) is 0 Å². The fraction of sp³-hybridized carbons (Fsp3) is 0.0435. The largest absolute Gasteiger partial charge is 0.342 e. The van der Waals surface area contributed by atoms with E-state index < -0.39 is 11.7 Å². The highest BCUT2D eigenvalue weighted by Gasteiger charge is 2.09. The summed E-state index contributed by atoms with van der Waals surface area (Å²) >= 11 is 12.1. The average Bonchev–Trinajstić information content (AvgIpc) is 3.09. The topological polar surface area (TPSA) is 46.4 Å². The van der Waals surface area contributed by atoms with Gasteiger partial charge >= 0.3 is 0 Å². The Labute approximate surface area is 182 Å². The first kappa shape index (κ1) is 20.1. The second-order valence-corrected chi connectivity index (χ2v) is 7.50. The Morgan fingerprint density at radius 2 is 1.80 bits per heavy atom. The lowest BCUT2D eigenvalue weighted by Gasteiger charge is -2.06. The van der Waals surface area contributed by atoms with Crippen LogP contribution in [0, 0.1) is 5.82 Å². The van der Waals surface area contributed by atoms with Crippen molar-refractivity contribution < 1.29 is 9.18 Å². The van der Waals surface area contributed by atoms with Gasteiger partial charge in [0, 0.05) is 34.8 Å². The van der Waals surface area contributed by atoms with Gasteiger partial charge in [-0.25, -0.2) is 9.82 Å². The Balaban J connectivity index is 1.57. The molecule has 0 aliphatic carbocycles. The van der Waals surface area contributed by atoms with E-state index in [1.54, 1.807) is 12.3 Å². The number of aromatic nitrogens is 1. The van der Waals surface area contributed by atoms with Gasteiger partial charge in [-0.3, -0.25) is 4.79 Å². The zero-order valence-electron chi connectivity index (χ0n) is 15.6. The summed E-state index contributed by atoms with van der Waals surface area (Å²) in [5.74, 6) is -0.810. The number of nitrogens with one attached hydrogen (secondary N) is 1. The molecule has 0 aliphatic rings. The SMILES string of the molecule is O=C(N/N=C\c1cn(Cc2ccc(Cl)c(Cl)c2)c2ccccc12)c1ccc(F)cc1. The zero-order chi connectivity index (χ0) is 21.1. The molecule has 4 nitrogen and oxygen atoms in total. The first-order valence-corrected chi connectivity index (χ1v) is 9.87. The minimum atomic E-state index is -0.411. The van der Waals surface area contributed by atoms with Gasteiger partial charge in [-0.15, -0.1) is 0 Å². The number of hydrazone groups is 1. The number of hydrogen-bond acceptors (Lipinski definition) is 2. The third-order valence-electron chi connectivity index (χ3n) is 4.63. The second kappa shape index (κ2) is 8.69. The molecular formula is C23H16Cl2FN3O. The number of fused-ring (bicyclic) bond motifs is 1. The maximum atomic E-state index is 13.0. The van der Waals surface area contributed by atoms with E-state index in [1.165, 1.54) is 24.3 Å². The minimum absolute atomic E-state index is 0.329. The van der Waals surface area contributed by atoms with Crippen molar-refractivity contribution in [2.45, 2.75) is 6.54 Å². The number of carbonyl (C=O) groups excluding carboxylic acids is 1. The highest BCUT2D eigenvalue weighted by atomic mass is 35.5. The van der Waals surface area contributed by atoms with Crippen LogP contribution in [0.1, 0.15) is 21.5 Å². The molecule has 0 atom stereocenters. The summed E-state index contributed by atoms with van der Waals surface area (Å²) in [6.07, 6.45) is 3.55. The van der Waals surface area contributed by atoms with Gasteiger partial charge in [0.2, 0.25) is 0 Å². The normalized spacial score (nSPS) is 11.3. The van der Waals surface area contributed by atoms with Gasteiger partial charge < -0.3 is 4.57 Å². The van der Waals surface area contributed by atoms with Crippen LogP contribution in [0.5, 0.6) is 0 Å². The summed E-state index contributed by atoms with van der Waals surface area (Å²) in [5.41, 5.74) is 5.69. The Morgan fingerprint density at radius 3 is 2.57 bits per heavy atom. The number of rotatable bonds is 5. The van der Waals surface area contributed by atoms with E-state index in [4.69, 9.17) is 23.2 Å². The number of halogens is 3. The monoisotopic (exact) mass is 439 g/mol. The third kappa shape index (κ3) is 4.37. The number of benzene rings is 3. The van der Waals surface area contributed by atoms with E-state index in [0.29, 0.717) is 22.2 Å². The number of amides is 1. The van der Waals surface area contributed by atoms with Gasteiger partial charge in [0.15, 0.2) is 0 Å². The van der Waals surface area contributed by atoms with Gasteiger partial charge in [0.1, 0.15) is 5.82 Å². The van der Waals surface area contributed by atoms with Crippen LogP contribution in [0.2, 0.25) is 10.0 Å². The maximum absolute atomic E-state index is 13.0. The molecule has 0 fully saturated rings. The molecule has 4 aromatic rings. The highest BCUT2D eigenvalue weighted by molar-refractivity contribution is 6.42. The van der Waals surface area contributed by atoms with Crippen molar-refractivity contribution >= 4 is 46.2 Å². The number of carbonyl (C=O) groups is 1. The molecule has 4 rings (SSSR count). The predicted octanol–water partition coefficient (Wildman–Crippen LogP) is 5.90. The van der Waals surface area contributed by atoms with Gasteiger partial charge in [0.05, 0.1) is 16.3 Å². The molecule has 3 aromatic carbocycles. The first-order chi connectivity index (χ1) is 14.5. The average molecular weight is 440 g/mol. The van der Waals surface area contributed by atoms with Gasteiger partial charge in [0.25, 0.3) is 5.91 Å². The molecule has 150 valence electrons. The summed E-state index contributed by atoms with van der Waals surface area (Å²) in [4.78, 5) is 12.1. The van der Waals surface area contributed by atoms with Gasteiger partial charge in [-0.2, -0.15) is 5.10 Å². The van der Waals surface area contributed by atoms with Gasteiger partial charge in [-0.1, -0.05) is 47.5 Å². The maximum Gasteiger partial charge on any atom is 0.271 e. The van der Waals surface area contributed by atoms with E-state index in [-0.39, 0.29) is 0 Å². The Hall–Kier alpha value is -3.15. The molecule has 0 aliphatic heterocycles. The molecule has 7 heteroatoms. The van der Waals surface area contributed by atoms with Crippen LogP contribution < -0.4 is 5.43 Å². The summed E-state index contributed by atoms with van der Waals surface area (Å²) < 4.78 is 15.1. The van der Waals surface area contributed by atoms with Crippen molar-refractivity contribution in [1.82, 2.24) is 9.99 Å². The Bertz CT molecular complexity index is 1250. The van der Waals surface area contributed by atoms with Gasteiger partial charge in [-0.05, 0) is 48.0 Å². The summed E-state index contributed by atoms with van der Waals surface area (Å²) in [5, 5.41) is 6.09. The number of para-hydroxylation sites is 1. The number of hydrogen-bond donors (Lipinski definition) is 1. The fourth-order valence-electron chi connectivity index (χ4n) is 3.17. The first-order valence-electron chi connectivity index (χ1n) is 9.12. The smallest absolute Gasteiger partial charge is 0.271 e. The molecule has 0 unspecified atom stereocenters. The highest BCUT2D eigenvalue weighted by Crippen LogP contribution is 2.25. The van der Waals surface area contributed by atoms with E-state index in [2.05, 4.69) is 15.1 Å². The lowest BCUT2D eigenvalue weighted by Crippen LogP contribution is -2.17. The van der Waals surface area contributed by atoms with E-state index in [9.17, 15) is 9.18 Å². The quantitative estimate of drug-likeness (QED) is 0.305. The van der Waals surface area contributed by atoms with Crippen LogP contribution in [0.15, 0.2) is 78.0 Å². The van der Waals surface area contributed by atoms with Crippen molar-refractivity contribution in [2.75, 3.05) is 0 Å². The molecule has 0 saturated heterocycles. The molecular weight excluding hydrogens is 424 g/mol. The van der Waals surface area contributed by atoms with Crippen LogP contribution >= 0.6 is 23.2 Å². The molecule has 30 heavy (non-hydrogen) atoms. The van der Waals surface area contributed by atoms with Crippen LogP contribution in [-0.4, -0.2) is 16.7 Å². The zero-order valence-corrected chi connectivity index (χ0v) is 17.2. The van der Waals surface area contributed by atoms with E-state index >= 15 is 0 Å². The molecule has 1 N–H and O–H groups in total. The van der Waals surface area contributed by atoms with Crippen LogP contribution in [0.4, 0.5) is 4.39 Å². The molecule has 0 saturated carbocycles. The Kier molecular flexibility index (Phi) is 5.84. The lowest BCUT2D eigenvalue weighted by molar-refractivity contribution is 0.0955. The summed E-state index contributed by atoms with van der Waals surface area (Å²) in [6.45, 7) is 0.604. The third-order valence-corrected chi connectivity index (χ3v) is 5.37. The second-order valence-electron chi connectivity index (χ2n) is 6.68. The molecule has 1 heterocycles. The predicted molar refractivity (Wildman–Crippen MR) is 119 cm³/mol. The van der Waals surface area contributed by atoms with Crippen molar-refractivity contribution in [2.24, 2.45) is 5.10 Å². The molecule has 1 aromatic heterocycles. The molecule has 0 bridgehead atoms. The standard InChI is InChI=1S/C23H16Cl2FN3O/c24-20-10-5-15(11-21(20)25)13-29-14-17(19-3-1-2-4-22(19)29)12-27-28-23(30)16-6-8-18(26)9-7-16/h1-12,14H,13H2,(H,28,30)/b27-12-. The lowest BCUT2D eigenvalue weighted by atomic mass is 10.2. The van der Waals surface area contributed by atoms with Crippen molar-refractivity contribution in [1.29, 1.82) is 0 Å². The fourth-order valence-corrected chi connectivity index (χ4v) is 3.49. The summed E-state index contributed by atoms with van der Waals surface area (Å²) in [6, 6.07) is 18.7. The Morgan fingerprint density at radius 1 is 1.03 bits per heavy atom. The van der Waals surface area contributed by atoms with E-state index in [1.807, 2.05) is 42.6 Å².